The topological polar surface area (TPSA) is 69.6 Å². The second-order valence-electron chi connectivity index (χ2n) is 4.77. The van der Waals surface area contributed by atoms with Crippen molar-refractivity contribution in [2.75, 3.05) is 0 Å². The summed E-state index contributed by atoms with van der Waals surface area (Å²) in [5.74, 6) is -1.60. The minimum atomic E-state index is -1.04. The van der Waals surface area contributed by atoms with E-state index in [1.165, 1.54) is 12.1 Å². The number of halogens is 1. The van der Waals surface area contributed by atoms with Crippen LogP contribution in [-0.2, 0) is 4.79 Å². The summed E-state index contributed by atoms with van der Waals surface area (Å²) in [4.78, 5) is 11.4. The number of phenols is 1. The lowest BCUT2D eigenvalue weighted by molar-refractivity contribution is -0.139. The molecule has 2 aromatic carbocycles. The fraction of sp³-hybridized carbons (Fsp3) is 0.188. The summed E-state index contributed by atoms with van der Waals surface area (Å²) in [6.07, 6.45) is 0. The maximum Gasteiger partial charge on any atom is 0.325 e. The van der Waals surface area contributed by atoms with Crippen LogP contribution in [0.5, 0.6) is 5.75 Å². The molecule has 0 bridgehead atoms. The third-order valence-corrected chi connectivity index (χ3v) is 3.25. The first-order valence-corrected chi connectivity index (χ1v) is 6.51. The Morgan fingerprint density at radius 2 is 1.86 bits per heavy atom. The first kappa shape index (κ1) is 15.0. The van der Waals surface area contributed by atoms with Crippen molar-refractivity contribution in [1.29, 1.82) is 0 Å². The van der Waals surface area contributed by atoms with Crippen molar-refractivity contribution in [2.45, 2.75) is 19.0 Å². The van der Waals surface area contributed by atoms with E-state index in [2.05, 4.69) is 5.32 Å². The van der Waals surface area contributed by atoms with Gasteiger partial charge < -0.3 is 10.2 Å². The Morgan fingerprint density at radius 3 is 2.48 bits per heavy atom. The molecule has 5 heteroatoms. The van der Waals surface area contributed by atoms with Gasteiger partial charge in [0, 0.05) is 11.6 Å². The number of carboxylic acids is 1. The number of carboxylic acid groups (broad SMARTS) is 1. The molecule has 0 saturated carbocycles. The molecule has 0 spiro atoms. The van der Waals surface area contributed by atoms with Crippen LogP contribution >= 0.6 is 0 Å². The van der Waals surface area contributed by atoms with Crippen LogP contribution in [0.25, 0.3) is 0 Å². The molecule has 2 unspecified atom stereocenters. The first-order chi connectivity index (χ1) is 9.99. The van der Waals surface area contributed by atoms with E-state index in [9.17, 15) is 19.4 Å². The molecule has 0 aromatic heterocycles. The number of hydrogen-bond acceptors (Lipinski definition) is 3. The number of benzene rings is 2. The average molecular weight is 289 g/mol. The van der Waals surface area contributed by atoms with E-state index in [1.807, 2.05) is 0 Å². The van der Waals surface area contributed by atoms with Gasteiger partial charge in [-0.1, -0.05) is 30.3 Å². The highest BCUT2D eigenvalue weighted by Crippen LogP contribution is 2.27. The van der Waals surface area contributed by atoms with Crippen LogP contribution < -0.4 is 5.32 Å². The fourth-order valence-electron chi connectivity index (χ4n) is 2.17. The Balaban J connectivity index is 2.25. The standard InChI is InChI=1S/C16H16FNO3/c1-10(13-9-12(17)7-8-14(13)19)18-15(16(20)21)11-5-3-2-4-6-11/h2-10,15,18-19H,1H3,(H,20,21). The van der Waals surface area contributed by atoms with Crippen molar-refractivity contribution in [1.82, 2.24) is 5.32 Å². The van der Waals surface area contributed by atoms with E-state index >= 15 is 0 Å². The average Bonchev–Trinajstić information content (AvgIpc) is 2.47. The van der Waals surface area contributed by atoms with Gasteiger partial charge in [-0.2, -0.15) is 0 Å². The summed E-state index contributed by atoms with van der Waals surface area (Å²) in [7, 11) is 0. The summed E-state index contributed by atoms with van der Waals surface area (Å²) in [5.41, 5.74) is 0.907. The molecule has 4 nitrogen and oxygen atoms in total. The second kappa shape index (κ2) is 6.37. The predicted molar refractivity (Wildman–Crippen MR) is 76.4 cm³/mol. The highest BCUT2D eigenvalue weighted by Gasteiger charge is 2.23. The highest BCUT2D eigenvalue weighted by atomic mass is 19.1. The number of nitrogens with one attached hydrogen (secondary N) is 1. The molecule has 0 saturated heterocycles. The number of aliphatic carboxylic acids is 1. The zero-order valence-electron chi connectivity index (χ0n) is 11.5. The van der Waals surface area contributed by atoms with Crippen LogP contribution in [0.2, 0.25) is 0 Å². The van der Waals surface area contributed by atoms with Gasteiger partial charge in [0.15, 0.2) is 0 Å². The highest BCUT2D eigenvalue weighted by molar-refractivity contribution is 5.75. The summed E-state index contributed by atoms with van der Waals surface area (Å²) in [5, 5.41) is 22.0. The molecule has 110 valence electrons. The molecular weight excluding hydrogens is 273 g/mol. The maximum atomic E-state index is 13.3. The van der Waals surface area contributed by atoms with Gasteiger partial charge in [-0.05, 0) is 30.7 Å². The quantitative estimate of drug-likeness (QED) is 0.791. The molecular formula is C16H16FNO3. The lowest BCUT2D eigenvalue weighted by Gasteiger charge is -2.21. The van der Waals surface area contributed by atoms with E-state index < -0.39 is 23.9 Å². The largest absolute Gasteiger partial charge is 0.508 e. The molecule has 0 amide bonds. The van der Waals surface area contributed by atoms with Gasteiger partial charge in [-0.3, -0.25) is 10.1 Å². The van der Waals surface area contributed by atoms with Crippen molar-refractivity contribution in [3.05, 3.63) is 65.5 Å². The minimum Gasteiger partial charge on any atom is -0.508 e. The normalized spacial score (nSPS) is 13.6. The minimum absolute atomic E-state index is 0.0754. The van der Waals surface area contributed by atoms with E-state index in [0.29, 0.717) is 11.1 Å². The lowest BCUT2D eigenvalue weighted by atomic mass is 10.0. The van der Waals surface area contributed by atoms with Crippen molar-refractivity contribution in [3.8, 4) is 5.75 Å². The fourth-order valence-corrected chi connectivity index (χ4v) is 2.17. The number of aromatic hydroxyl groups is 1. The number of phenolic OH excluding ortho intramolecular Hbond substituents is 1. The third kappa shape index (κ3) is 3.58. The van der Waals surface area contributed by atoms with Gasteiger partial charge in [-0.25, -0.2) is 4.39 Å². The van der Waals surface area contributed by atoms with Crippen LogP contribution in [0.4, 0.5) is 4.39 Å². The van der Waals surface area contributed by atoms with Crippen LogP contribution in [0.3, 0.4) is 0 Å². The van der Waals surface area contributed by atoms with E-state index in [1.54, 1.807) is 37.3 Å². The SMILES string of the molecule is CC(NC(C(=O)O)c1ccccc1)c1cc(F)ccc1O. The van der Waals surface area contributed by atoms with E-state index in [-0.39, 0.29) is 5.75 Å². The van der Waals surface area contributed by atoms with Crippen molar-refractivity contribution >= 4 is 5.97 Å². The molecule has 0 heterocycles. The molecule has 0 aliphatic carbocycles. The number of hydrogen-bond donors (Lipinski definition) is 3. The maximum absolute atomic E-state index is 13.3. The molecule has 0 fully saturated rings. The first-order valence-electron chi connectivity index (χ1n) is 6.51. The second-order valence-corrected chi connectivity index (χ2v) is 4.77. The van der Waals surface area contributed by atoms with Crippen LogP contribution in [0.15, 0.2) is 48.5 Å². The molecule has 3 N–H and O–H groups in total. The van der Waals surface area contributed by atoms with Gasteiger partial charge in [-0.15, -0.1) is 0 Å². The molecule has 2 rings (SSSR count). The summed E-state index contributed by atoms with van der Waals surface area (Å²) >= 11 is 0. The van der Waals surface area contributed by atoms with Gasteiger partial charge >= 0.3 is 5.97 Å². The molecule has 2 aromatic rings. The van der Waals surface area contributed by atoms with Crippen LogP contribution in [0, 0.1) is 5.82 Å². The van der Waals surface area contributed by atoms with Gasteiger partial charge in [0.1, 0.15) is 17.6 Å². The van der Waals surface area contributed by atoms with Crippen molar-refractivity contribution < 1.29 is 19.4 Å². The Labute approximate surface area is 121 Å². The van der Waals surface area contributed by atoms with E-state index in [0.717, 1.165) is 6.07 Å². The van der Waals surface area contributed by atoms with Crippen molar-refractivity contribution in [2.24, 2.45) is 0 Å². The Morgan fingerprint density at radius 1 is 1.19 bits per heavy atom. The molecule has 2 atom stereocenters. The Hall–Kier alpha value is -2.40. The Bertz CT molecular complexity index is 631. The van der Waals surface area contributed by atoms with Crippen molar-refractivity contribution in [3.63, 3.8) is 0 Å². The Kier molecular flexibility index (Phi) is 4.55. The van der Waals surface area contributed by atoms with Crippen LogP contribution in [-0.4, -0.2) is 16.2 Å². The zero-order valence-corrected chi connectivity index (χ0v) is 11.5. The van der Waals surface area contributed by atoms with Gasteiger partial charge in [0.25, 0.3) is 0 Å². The summed E-state index contributed by atoms with van der Waals surface area (Å²) in [6, 6.07) is 10.8. The predicted octanol–water partition coefficient (Wildman–Crippen LogP) is 3.01. The molecule has 0 aliphatic rings. The van der Waals surface area contributed by atoms with Gasteiger partial charge in [0.05, 0.1) is 0 Å². The summed E-state index contributed by atoms with van der Waals surface area (Å²) in [6.45, 7) is 1.67. The van der Waals surface area contributed by atoms with E-state index in [4.69, 9.17) is 0 Å². The molecule has 21 heavy (non-hydrogen) atoms. The lowest BCUT2D eigenvalue weighted by Crippen LogP contribution is -2.30. The zero-order chi connectivity index (χ0) is 15.4. The smallest absolute Gasteiger partial charge is 0.325 e. The molecule has 0 aliphatic heterocycles. The number of rotatable bonds is 5. The van der Waals surface area contributed by atoms with Gasteiger partial charge in [0.2, 0.25) is 0 Å². The van der Waals surface area contributed by atoms with Crippen LogP contribution in [0.1, 0.15) is 30.1 Å². The summed E-state index contributed by atoms with van der Waals surface area (Å²) < 4.78 is 13.3. The monoisotopic (exact) mass is 289 g/mol. The number of carbonyl (C=O) groups is 1. The third-order valence-electron chi connectivity index (χ3n) is 3.25. The molecule has 0 radical (unpaired) electrons.